The molecule has 0 unspecified atom stereocenters. The highest BCUT2D eigenvalue weighted by Gasteiger charge is 2.26. The summed E-state index contributed by atoms with van der Waals surface area (Å²) in [4.78, 5) is 31.9. The van der Waals surface area contributed by atoms with E-state index < -0.39 is 0 Å². The molecule has 0 atom stereocenters. The lowest BCUT2D eigenvalue weighted by Crippen LogP contribution is -2.05. The van der Waals surface area contributed by atoms with Gasteiger partial charge in [-0.25, -0.2) is 29.9 Å². The summed E-state index contributed by atoms with van der Waals surface area (Å²) in [5, 5.41) is 14.1. The molecule has 0 saturated carbocycles. The predicted octanol–water partition coefficient (Wildman–Crippen LogP) is 23.3. The summed E-state index contributed by atoms with van der Waals surface area (Å²) in [5.74, 6) is 3.52. The molecule has 6 heterocycles. The average molecular weight is 1330 g/mol. The summed E-state index contributed by atoms with van der Waals surface area (Å²) in [7, 11) is 0. The molecule has 0 amide bonds. The highest BCUT2D eigenvalue weighted by Crippen LogP contribution is 2.46. The molecule has 0 fully saturated rings. The second-order valence-corrected chi connectivity index (χ2v) is 27.0. The van der Waals surface area contributed by atoms with Crippen molar-refractivity contribution in [3.05, 3.63) is 340 Å². The van der Waals surface area contributed by atoms with Gasteiger partial charge in [-0.2, -0.15) is 0 Å². The van der Waals surface area contributed by atoms with Gasteiger partial charge in [0.2, 0.25) is 0 Å². The van der Waals surface area contributed by atoms with Crippen LogP contribution >= 0.6 is 0 Å². The summed E-state index contributed by atoms with van der Waals surface area (Å²) in [6.45, 7) is 0. The lowest BCUT2D eigenvalue weighted by Gasteiger charge is -2.18. The van der Waals surface area contributed by atoms with Crippen molar-refractivity contribution in [3.63, 3.8) is 0 Å². The Labute approximate surface area is 594 Å². The number of rotatable bonds is 9. The van der Waals surface area contributed by atoms with Crippen molar-refractivity contribution in [3.8, 4) is 90.8 Å². The van der Waals surface area contributed by atoms with Gasteiger partial charge in [0.1, 0.15) is 0 Å². The Kier molecular flexibility index (Phi) is 12.6. The highest BCUT2D eigenvalue weighted by atomic mass is 15.1. The molecule has 0 aliphatic heterocycles. The first-order chi connectivity index (χ1) is 51.6. The molecule has 22 aromatic rings. The molecule has 0 N–H and O–H groups in total. The normalized spacial score (nSPS) is 12.0. The van der Waals surface area contributed by atoms with E-state index >= 15 is 0 Å². The van der Waals surface area contributed by atoms with Crippen molar-refractivity contribution >= 4 is 120 Å². The van der Waals surface area contributed by atoms with E-state index in [-0.39, 0.29) is 0 Å². The van der Waals surface area contributed by atoms with E-state index in [2.05, 4.69) is 285 Å². The lowest BCUT2D eigenvalue weighted by molar-refractivity contribution is 1.06. The molecule has 22 rings (SSSR count). The molecule has 0 aliphatic carbocycles. The third kappa shape index (κ3) is 8.82. The fourth-order valence-electron chi connectivity index (χ4n) is 16.5. The van der Waals surface area contributed by atoms with Gasteiger partial charge >= 0.3 is 0 Å². The number of para-hydroxylation sites is 3. The average Bonchev–Trinajstić information content (AvgIpc) is 1.54. The Bertz CT molecular complexity index is 7200. The van der Waals surface area contributed by atoms with Crippen LogP contribution in [0.15, 0.2) is 340 Å². The van der Waals surface area contributed by atoms with Crippen LogP contribution in [0, 0.1) is 0 Å². The maximum atomic E-state index is 5.55. The lowest BCUT2D eigenvalue weighted by atomic mass is 9.97. The maximum Gasteiger partial charge on any atom is 0.166 e. The minimum Gasteiger partial charge on any atom is -0.308 e. The van der Waals surface area contributed by atoms with Crippen LogP contribution in [0.1, 0.15) is 0 Å². The number of hydrogen-bond acceptors (Lipinski definition) is 6. The van der Waals surface area contributed by atoms with Gasteiger partial charge in [-0.05, 0) is 122 Å². The summed E-state index contributed by atoms with van der Waals surface area (Å²) >= 11 is 0. The van der Waals surface area contributed by atoms with E-state index in [4.69, 9.17) is 29.9 Å². The number of aromatic nitrogens is 10. The molecule has 104 heavy (non-hydrogen) atoms. The molecule has 0 aliphatic rings. The van der Waals surface area contributed by atoms with Crippen molar-refractivity contribution in [2.75, 3.05) is 0 Å². The smallest absolute Gasteiger partial charge is 0.166 e. The third-order valence-electron chi connectivity index (χ3n) is 21.1. The predicted molar refractivity (Wildman–Crippen MR) is 427 cm³/mol. The monoisotopic (exact) mass is 1320 g/mol. The molecular weight excluding hydrogens is 1270 g/mol. The Hall–Kier alpha value is -14.2. The van der Waals surface area contributed by atoms with Crippen LogP contribution in [-0.2, 0) is 0 Å². The maximum absolute atomic E-state index is 5.55. The number of nitrogens with zero attached hydrogens (tertiary/aromatic N) is 10. The van der Waals surface area contributed by atoms with Gasteiger partial charge in [0.15, 0.2) is 34.9 Å². The number of benzene rings is 16. The van der Waals surface area contributed by atoms with E-state index in [1.165, 1.54) is 37.8 Å². The third-order valence-corrected chi connectivity index (χ3v) is 21.1. The van der Waals surface area contributed by atoms with Gasteiger partial charge in [-0.15, -0.1) is 0 Å². The van der Waals surface area contributed by atoms with Gasteiger partial charge in [0, 0.05) is 71.4 Å². The summed E-state index contributed by atoms with van der Waals surface area (Å²) in [6.07, 6.45) is 0. The first-order valence-electron chi connectivity index (χ1n) is 35.2. The SMILES string of the molecule is c1ccc(-c2nc(-c3ccccc3)nc(-c3cccc(-n4c5cccc6ccc7c8ccccc8n(c8cc9cc(-c%10ccc(-n%11c%12cccc%13ccc%14c%15c%16ccccc%16ccc%15n(c%15ccccc%15%11)c%14c%13%12)c(-c%11nc(-c%12ccccc%12)nc(-c%12ccccc%12)n%11)c%10)ccc9cc84)c7c65)c3)n2)cc1. The van der Waals surface area contributed by atoms with Crippen LogP contribution in [-0.4, -0.2) is 47.8 Å². The van der Waals surface area contributed by atoms with E-state index in [1.807, 2.05) is 72.8 Å². The molecular formula is C94H56N10. The quantitative estimate of drug-likeness (QED) is 0.143. The fraction of sp³-hybridized carbons (Fsp3) is 0. The molecule has 0 bridgehead atoms. The Morgan fingerprint density at radius 3 is 1.30 bits per heavy atom. The largest absolute Gasteiger partial charge is 0.308 e. The number of hydrogen-bond donors (Lipinski definition) is 0. The highest BCUT2D eigenvalue weighted by molar-refractivity contribution is 6.29. The Morgan fingerprint density at radius 2 is 0.644 bits per heavy atom. The summed E-state index contributed by atoms with van der Waals surface area (Å²) in [5.41, 5.74) is 20.2. The van der Waals surface area contributed by atoms with Crippen molar-refractivity contribution in [1.82, 2.24) is 47.8 Å². The van der Waals surface area contributed by atoms with Gasteiger partial charge in [-0.1, -0.05) is 261 Å². The van der Waals surface area contributed by atoms with Gasteiger partial charge in [0.05, 0.1) is 60.9 Å². The molecule has 0 spiro atoms. The van der Waals surface area contributed by atoms with Crippen LogP contribution in [0.25, 0.3) is 211 Å². The topological polar surface area (TPSA) is 96.0 Å². The van der Waals surface area contributed by atoms with Gasteiger partial charge in [0.25, 0.3) is 0 Å². The molecule has 16 aromatic carbocycles. The van der Waals surface area contributed by atoms with E-state index in [0.29, 0.717) is 34.9 Å². The van der Waals surface area contributed by atoms with Crippen molar-refractivity contribution in [2.24, 2.45) is 0 Å². The van der Waals surface area contributed by atoms with Crippen molar-refractivity contribution in [1.29, 1.82) is 0 Å². The Balaban J connectivity index is 0.802. The fourth-order valence-corrected chi connectivity index (χ4v) is 16.5. The standard InChI is InChI=1S/C94H56N10/c1-5-23-60(24-6-1)89-95-90(61-25-7-2-8-26-61)98-93(97-89)67-33-19-34-69(53-67)101-79-40-20-31-58-44-48-72-71-36-15-16-37-75(71)103(87(72)84(58)79)83-56-68-52-64(42-43-66(68)55-82(83)101)65-47-50-76(74(54-65)94-99-91(62-27-9-3-10-28-62)96-92(100-94)63-29-11-4-12-30-63)102-77-38-17-18-39-78(77)104-81-51-46-57-22-13-14-35-70(57)86(81)73-49-45-59-32-21-41-80(102)85(59)88(73)104/h1-56H. The van der Waals surface area contributed by atoms with E-state index in [9.17, 15) is 0 Å². The van der Waals surface area contributed by atoms with Crippen LogP contribution in [0.3, 0.4) is 0 Å². The zero-order valence-electron chi connectivity index (χ0n) is 55.8. The molecule has 0 saturated heterocycles. The second-order valence-electron chi connectivity index (χ2n) is 27.0. The van der Waals surface area contributed by atoms with Gasteiger partial charge in [-0.3, -0.25) is 0 Å². The molecule has 6 aromatic heterocycles. The minimum absolute atomic E-state index is 0.550. The molecule has 10 heteroatoms. The summed E-state index contributed by atoms with van der Waals surface area (Å²) < 4.78 is 9.92. The van der Waals surface area contributed by atoms with Crippen LogP contribution in [0.5, 0.6) is 0 Å². The van der Waals surface area contributed by atoms with Gasteiger partial charge < -0.3 is 17.9 Å². The van der Waals surface area contributed by atoms with Crippen LogP contribution < -0.4 is 0 Å². The zero-order chi connectivity index (χ0) is 68.1. The zero-order valence-corrected chi connectivity index (χ0v) is 55.8. The molecule has 482 valence electrons. The first-order valence-corrected chi connectivity index (χ1v) is 35.2. The second kappa shape index (κ2) is 22.7. The van der Waals surface area contributed by atoms with Crippen molar-refractivity contribution in [2.45, 2.75) is 0 Å². The first kappa shape index (κ1) is 57.7. The van der Waals surface area contributed by atoms with Crippen molar-refractivity contribution < 1.29 is 0 Å². The molecule has 0 radical (unpaired) electrons. The molecule has 10 nitrogen and oxygen atoms in total. The van der Waals surface area contributed by atoms with Crippen LogP contribution in [0.4, 0.5) is 0 Å². The van der Waals surface area contributed by atoms with E-state index in [0.717, 1.165) is 138 Å². The van der Waals surface area contributed by atoms with E-state index in [1.54, 1.807) is 0 Å². The minimum atomic E-state index is 0.550. The number of fused-ring (bicyclic) bond motifs is 13. The summed E-state index contributed by atoms with van der Waals surface area (Å²) in [6, 6.07) is 122. The van der Waals surface area contributed by atoms with Crippen LogP contribution in [0.2, 0.25) is 0 Å². The Morgan fingerprint density at radius 1 is 0.192 bits per heavy atom.